The third-order valence-corrected chi connectivity index (χ3v) is 4.56. The predicted octanol–water partition coefficient (Wildman–Crippen LogP) is 0.502. The van der Waals surface area contributed by atoms with Gasteiger partial charge in [0.15, 0.2) is 17.2 Å². The van der Waals surface area contributed by atoms with Crippen LogP contribution >= 0.6 is 0 Å². The molecule has 10 heteroatoms. The smallest absolute Gasteiger partial charge is 0.356 e. The molecule has 0 aliphatic carbocycles. The lowest BCUT2D eigenvalue weighted by molar-refractivity contribution is 0.0531. The number of carboxylic acids is 1. The molecule has 0 atom stereocenters. The summed E-state index contributed by atoms with van der Waals surface area (Å²) in [5.74, 6) is -0.539. The van der Waals surface area contributed by atoms with Gasteiger partial charge in [-0.25, -0.2) is 14.8 Å². The molecule has 1 aromatic heterocycles. The van der Waals surface area contributed by atoms with Crippen molar-refractivity contribution in [1.82, 2.24) is 19.8 Å². The van der Waals surface area contributed by atoms with Crippen molar-refractivity contribution in [1.29, 1.82) is 0 Å². The number of benzene rings is 1. The van der Waals surface area contributed by atoms with E-state index in [1.54, 1.807) is 28.0 Å². The van der Waals surface area contributed by atoms with Crippen molar-refractivity contribution < 1.29 is 29.0 Å². The molecule has 144 valence electrons. The largest absolute Gasteiger partial charge is 0.476 e. The number of piperazine rings is 1. The topological polar surface area (TPSA) is 122 Å². The van der Waals surface area contributed by atoms with Gasteiger partial charge in [0.05, 0.1) is 12.4 Å². The highest BCUT2D eigenvalue weighted by molar-refractivity contribution is 5.96. The first kappa shape index (κ1) is 17.7. The molecule has 2 aliphatic rings. The lowest BCUT2D eigenvalue weighted by Crippen LogP contribution is -2.50. The summed E-state index contributed by atoms with van der Waals surface area (Å²) in [5.41, 5.74) is 0.343. The van der Waals surface area contributed by atoms with Crippen LogP contribution in [0.3, 0.4) is 0 Å². The molecule has 2 aromatic rings. The SMILES string of the molecule is O=C(O)c1cnc(C(=O)N2CCN(C(=O)c3ccc4c(c3)OCO4)CC2)cn1. The van der Waals surface area contributed by atoms with Crippen LogP contribution < -0.4 is 9.47 Å². The average molecular weight is 384 g/mol. The second-order valence-corrected chi connectivity index (χ2v) is 6.24. The van der Waals surface area contributed by atoms with Crippen LogP contribution in [0.1, 0.15) is 31.3 Å². The number of carbonyl (C=O) groups excluding carboxylic acids is 2. The Morgan fingerprint density at radius 3 is 2.11 bits per heavy atom. The van der Waals surface area contributed by atoms with E-state index >= 15 is 0 Å². The summed E-state index contributed by atoms with van der Waals surface area (Å²) < 4.78 is 10.5. The average Bonchev–Trinajstić information content (AvgIpc) is 3.21. The van der Waals surface area contributed by atoms with E-state index < -0.39 is 5.97 Å². The summed E-state index contributed by atoms with van der Waals surface area (Å²) in [6.07, 6.45) is 2.20. The van der Waals surface area contributed by atoms with Crippen LogP contribution in [-0.2, 0) is 0 Å². The first-order chi connectivity index (χ1) is 13.5. The number of aromatic nitrogens is 2. The first-order valence-corrected chi connectivity index (χ1v) is 8.56. The lowest BCUT2D eigenvalue weighted by atomic mass is 10.1. The van der Waals surface area contributed by atoms with Gasteiger partial charge in [-0.3, -0.25) is 9.59 Å². The van der Waals surface area contributed by atoms with Gasteiger partial charge in [-0.15, -0.1) is 0 Å². The Labute approximate surface area is 159 Å². The summed E-state index contributed by atoms with van der Waals surface area (Å²) in [6.45, 7) is 1.58. The van der Waals surface area contributed by atoms with Gasteiger partial charge in [-0.2, -0.15) is 0 Å². The third kappa shape index (κ3) is 3.31. The fraction of sp³-hybridized carbons (Fsp3) is 0.278. The highest BCUT2D eigenvalue weighted by atomic mass is 16.7. The number of aromatic carboxylic acids is 1. The van der Waals surface area contributed by atoms with Gasteiger partial charge in [0.1, 0.15) is 5.69 Å². The van der Waals surface area contributed by atoms with E-state index in [0.29, 0.717) is 43.2 Å². The number of amides is 2. The number of hydrogen-bond acceptors (Lipinski definition) is 7. The van der Waals surface area contributed by atoms with E-state index in [9.17, 15) is 14.4 Å². The van der Waals surface area contributed by atoms with E-state index in [-0.39, 0.29) is 30.0 Å². The molecule has 2 aliphatic heterocycles. The first-order valence-electron chi connectivity index (χ1n) is 8.56. The van der Waals surface area contributed by atoms with Gasteiger partial charge >= 0.3 is 5.97 Å². The van der Waals surface area contributed by atoms with E-state index in [2.05, 4.69) is 9.97 Å². The van der Waals surface area contributed by atoms with E-state index in [4.69, 9.17) is 14.6 Å². The van der Waals surface area contributed by atoms with Crippen molar-refractivity contribution in [2.75, 3.05) is 33.0 Å². The number of rotatable bonds is 3. The minimum Gasteiger partial charge on any atom is -0.476 e. The molecule has 0 radical (unpaired) electrons. The van der Waals surface area contributed by atoms with Gasteiger partial charge < -0.3 is 24.4 Å². The minimum atomic E-state index is -1.21. The predicted molar refractivity (Wildman–Crippen MR) is 93.4 cm³/mol. The Kier molecular flexibility index (Phi) is 4.52. The number of carboxylic acid groups (broad SMARTS) is 1. The maximum Gasteiger partial charge on any atom is 0.356 e. The zero-order valence-corrected chi connectivity index (χ0v) is 14.7. The zero-order chi connectivity index (χ0) is 19.7. The number of nitrogens with zero attached hydrogens (tertiary/aromatic N) is 4. The Morgan fingerprint density at radius 1 is 0.857 bits per heavy atom. The van der Waals surface area contributed by atoms with Gasteiger partial charge in [0.25, 0.3) is 11.8 Å². The van der Waals surface area contributed by atoms with Crippen LogP contribution in [0, 0.1) is 0 Å². The number of fused-ring (bicyclic) bond motifs is 1. The second-order valence-electron chi connectivity index (χ2n) is 6.24. The highest BCUT2D eigenvalue weighted by Crippen LogP contribution is 2.32. The normalized spacial score (nSPS) is 15.4. The quantitative estimate of drug-likeness (QED) is 0.812. The molecule has 10 nitrogen and oxygen atoms in total. The summed E-state index contributed by atoms with van der Waals surface area (Å²) in [7, 11) is 0. The molecule has 0 bridgehead atoms. The monoisotopic (exact) mass is 384 g/mol. The Hall–Kier alpha value is -3.69. The minimum absolute atomic E-state index is 0.0700. The summed E-state index contributed by atoms with van der Waals surface area (Å²) in [5, 5.41) is 8.84. The van der Waals surface area contributed by atoms with Crippen molar-refractivity contribution in [2.45, 2.75) is 0 Å². The molecule has 0 saturated carbocycles. The van der Waals surface area contributed by atoms with Crippen LogP contribution in [0.25, 0.3) is 0 Å². The van der Waals surface area contributed by atoms with Crippen LogP contribution in [-0.4, -0.2) is 75.6 Å². The van der Waals surface area contributed by atoms with Crippen molar-refractivity contribution in [3.05, 3.63) is 47.5 Å². The van der Waals surface area contributed by atoms with E-state index in [1.165, 1.54) is 0 Å². The fourth-order valence-electron chi connectivity index (χ4n) is 3.04. The maximum atomic E-state index is 12.7. The number of hydrogen-bond donors (Lipinski definition) is 1. The van der Waals surface area contributed by atoms with Crippen LogP contribution in [0.5, 0.6) is 11.5 Å². The molecular weight excluding hydrogens is 368 g/mol. The van der Waals surface area contributed by atoms with Gasteiger partial charge in [0, 0.05) is 31.7 Å². The second kappa shape index (κ2) is 7.14. The Bertz CT molecular complexity index is 938. The van der Waals surface area contributed by atoms with Gasteiger partial charge in [-0.05, 0) is 18.2 Å². The van der Waals surface area contributed by atoms with Crippen LogP contribution in [0.15, 0.2) is 30.6 Å². The highest BCUT2D eigenvalue weighted by Gasteiger charge is 2.27. The zero-order valence-electron chi connectivity index (χ0n) is 14.7. The molecule has 1 saturated heterocycles. The Morgan fingerprint density at radius 2 is 1.46 bits per heavy atom. The standard InChI is InChI=1S/C18H16N4O6/c23-16(11-1-2-14-15(7-11)28-10-27-14)21-3-5-22(6-4-21)17(24)12-8-20-13(9-19-12)18(25)26/h1-2,7-9H,3-6,10H2,(H,25,26). The molecule has 1 fully saturated rings. The summed E-state index contributed by atoms with van der Waals surface area (Å²) >= 11 is 0. The molecule has 1 N–H and O–H groups in total. The van der Waals surface area contributed by atoms with Gasteiger partial charge in [-0.1, -0.05) is 0 Å². The lowest BCUT2D eigenvalue weighted by Gasteiger charge is -2.34. The molecule has 28 heavy (non-hydrogen) atoms. The Balaban J connectivity index is 1.38. The van der Waals surface area contributed by atoms with E-state index in [0.717, 1.165) is 12.4 Å². The molecular formula is C18H16N4O6. The molecule has 1 aromatic carbocycles. The van der Waals surface area contributed by atoms with Crippen molar-refractivity contribution in [3.63, 3.8) is 0 Å². The third-order valence-electron chi connectivity index (χ3n) is 4.56. The molecule has 4 rings (SSSR count). The van der Waals surface area contributed by atoms with Crippen molar-refractivity contribution >= 4 is 17.8 Å². The molecule has 0 spiro atoms. The number of carbonyl (C=O) groups is 3. The summed E-state index contributed by atoms with van der Waals surface area (Å²) in [6, 6.07) is 5.05. The van der Waals surface area contributed by atoms with Gasteiger partial charge in [0.2, 0.25) is 6.79 Å². The molecule has 0 unspecified atom stereocenters. The van der Waals surface area contributed by atoms with Crippen LogP contribution in [0.4, 0.5) is 0 Å². The fourth-order valence-corrected chi connectivity index (χ4v) is 3.04. The number of ether oxygens (including phenoxy) is 2. The van der Waals surface area contributed by atoms with Crippen LogP contribution in [0.2, 0.25) is 0 Å². The summed E-state index contributed by atoms with van der Waals surface area (Å²) in [4.78, 5) is 46.8. The van der Waals surface area contributed by atoms with E-state index in [1.807, 2.05) is 0 Å². The molecule has 3 heterocycles. The maximum absolute atomic E-state index is 12.7. The van der Waals surface area contributed by atoms with Crippen molar-refractivity contribution in [2.24, 2.45) is 0 Å². The molecule has 2 amide bonds. The van der Waals surface area contributed by atoms with Crippen molar-refractivity contribution in [3.8, 4) is 11.5 Å².